The van der Waals surface area contributed by atoms with Crippen molar-refractivity contribution in [3.05, 3.63) is 63.1 Å². The molecule has 2 aliphatic rings. The van der Waals surface area contributed by atoms with Crippen LogP contribution >= 0.6 is 0 Å². The molecule has 0 bridgehead atoms. The summed E-state index contributed by atoms with van der Waals surface area (Å²) in [4.78, 5) is 43.5. The van der Waals surface area contributed by atoms with Crippen molar-refractivity contribution in [1.29, 1.82) is 0 Å². The number of aromatic amines is 1. The molecule has 0 radical (unpaired) electrons. The van der Waals surface area contributed by atoms with Gasteiger partial charge in [0.15, 0.2) is 0 Å². The summed E-state index contributed by atoms with van der Waals surface area (Å²) in [5, 5.41) is 3.00. The highest BCUT2D eigenvalue weighted by Crippen LogP contribution is 2.49. The molecule has 2 atom stereocenters. The second-order valence-electron chi connectivity index (χ2n) is 7.86. The Hall–Kier alpha value is -2.89. The standard InChI is InChI=1S/C22H25N3O3/c1-4-7-17-22(15-8-5-6-9-16(15)24-21(22)28)10-11-25(17)20(27)18-13(2)12-14(3)23-19(18)26/h5-6,8-9,12,17H,4,7,10-11H2,1-3H3,(H,23,26)(H,24,28)/t17-,22+/m0/s1. The van der Waals surface area contributed by atoms with Crippen molar-refractivity contribution in [3.8, 4) is 0 Å². The second-order valence-corrected chi connectivity index (χ2v) is 7.86. The van der Waals surface area contributed by atoms with Crippen molar-refractivity contribution in [2.75, 3.05) is 11.9 Å². The summed E-state index contributed by atoms with van der Waals surface area (Å²) >= 11 is 0. The molecule has 2 aromatic rings. The van der Waals surface area contributed by atoms with E-state index in [2.05, 4.69) is 17.2 Å². The molecule has 146 valence electrons. The van der Waals surface area contributed by atoms with Crippen LogP contribution in [-0.2, 0) is 10.2 Å². The fourth-order valence-corrected chi connectivity index (χ4v) is 4.98. The molecule has 6 nitrogen and oxygen atoms in total. The van der Waals surface area contributed by atoms with Crippen molar-refractivity contribution in [3.63, 3.8) is 0 Å². The SMILES string of the molecule is CCC[C@@H]1N(C(=O)c2c(C)cc(C)[nH]c2=O)CC[C@]12C(=O)Nc1ccccc12. The van der Waals surface area contributed by atoms with Gasteiger partial charge in [-0.1, -0.05) is 31.5 Å². The zero-order valence-electron chi connectivity index (χ0n) is 16.5. The number of hydrogen-bond donors (Lipinski definition) is 2. The minimum atomic E-state index is -0.742. The van der Waals surface area contributed by atoms with E-state index in [9.17, 15) is 14.4 Å². The summed E-state index contributed by atoms with van der Waals surface area (Å²) in [5.74, 6) is -0.330. The number of nitrogens with zero attached hydrogens (tertiary/aromatic N) is 1. The number of H-pyrrole nitrogens is 1. The smallest absolute Gasteiger partial charge is 0.261 e. The van der Waals surface area contributed by atoms with Crippen molar-refractivity contribution in [2.45, 2.75) is 51.5 Å². The van der Waals surface area contributed by atoms with Gasteiger partial charge in [0, 0.05) is 17.9 Å². The van der Waals surface area contributed by atoms with Gasteiger partial charge in [-0.15, -0.1) is 0 Å². The number of fused-ring (bicyclic) bond motifs is 2. The van der Waals surface area contributed by atoms with Crippen LogP contribution in [0.25, 0.3) is 0 Å². The zero-order valence-corrected chi connectivity index (χ0v) is 16.5. The lowest BCUT2D eigenvalue weighted by molar-refractivity contribution is -0.121. The Balaban J connectivity index is 1.80. The van der Waals surface area contributed by atoms with Gasteiger partial charge in [0.25, 0.3) is 11.5 Å². The van der Waals surface area contributed by atoms with Crippen LogP contribution in [0.2, 0.25) is 0 Å². The first-order valence-corrected chi connectivity index (χ1v) is 9.82. The molecule has 6 heteroatoms. The maximum absolute atomic E-state index is 13.4. The monoisotopic (exact) mass is 379 g/mol. The molecule has 2 aliphatic heterocycles. The quantitative estimate of drug-likeness (QED) is 0.860. The number of rotatable bonds is 3. The first-order valence-electron chi connectivity index (χ1n) is 9.82. The molecule has 28 heavy (non-hydrogen) atoms. The number of aryl methyl sites for hydroxylation is 2. The second kappa shape index (κ2) is 6.62. The highest BCUT2D eigenvalue weighted by atomic mass is 16.2. The van der Waals surface area contributed by atoms with E-state index >= 15 is 0 Å². The van der Waals surface area contributed by atoms with Crippen LogP contribution in [0, 0.1) is 13.8 Å². The molecule has 0 aliphatic carbocycles. The van der Waals surface area contributed by atoms with Crippen molar-refractivity contribution < 1.29 is 9.59 Å². The number of pyridine rings is 1. The third kappa shape index (κ3) is 2.51. The van der Waals surface area contributed by atoms with E-state index in [-0.39, 0.29) is 29.0 Å². The molecule has 1 spiro atoms. The van der Waals surface area contributed by atoms with Gasteiger partial charge in [0.05, 0.1) is 11.5 Å². The van der Waals surface area contributed by atoms with Crippen molar-refractivity contribution in [2.24, 2.45) is 0 Å². The number of hydrogen-bond acceptors (Lipinski definition) is 3. The fraction of sp³-hybridized carbons (Fsp3) is 0.409. The summed E-state index contributed by atoms with van der Waals surface area (Å²) < 4.78 is 0. The van der Waals surface area contributed by atoms with Crippen LogP contribution in [0.1, 0.15) is 53.4 Å². The van der Waals surface area contributed by atoms with E-state index in [1.165, 1.54) is 0 Å². The molecular formula is C22H25N3O3. The normalized spacial score (nSPS) is 23.2. The molecule has 0 unspecified atom stereocenters. The predicted molar refractivity (Wildman–Crippen MR) is 108 cm³/mol. The molecule has 1 aromatic carbocycles. The first-order chi connectivity index (χ1) is 13.4. The molecule has 3 heterocycles. The van der Waals surface area contributed by atoms with E-state index < -0.39 is 5.41 Å². The molecular weight excluding hydrogens is 354 g/mol. The van der Waals surface area contributed by atoms with Crippen LogP contribution in [-0.4, -0.2) is 34.3 Å². The molecule has 4 rings (SSSR count). The number of amides is 2. The van der Waals surface area contributed by atoms with E-state index in [0.29, 0.717) is 24.9 Å². The zero-order chi connectivity index (χ0) is 20.1. The van der Waals surface area contributed by atoms with E-state index in [1.807, 2.05) is 30.3 Å². The summed E-state index contributed by atoms with van der Waals surface area (Å²) in [6.07, 6.45) is 2.11. The lowest BCUT2D eigenvalue weighted by Gasteiger charge is -2.34. The van der Waals surface area contributed by atoms with Crippen LogP contribution < -0.4 is 10.9 Å². The van der Waals surface area contributed by atoms with E-state index in [1.54, 1.807) is 18.7 Å². The third-order valence-corrected chi connectivity index (χ3v) is 6.16. The predicted octanol–water partition coefficient (Wildman–Crippen LogP) is 2.90. The Morgan fingerprint density at radius 3 is 2.71 bits per heavy atom. The minimum absolute atomic E-state index is 0.0445. The number of para-hydroxylation sites is 1. The molecule has 0 saturated carbocycles. The average Bonchev–Trinajstić information content (AvgIpc) is 3.15. The van der Waals surface area contributed by atoms with Crippen molar-refractivity contribution in [1.82, 2.24) is 9.88 Å². The van der Waals surface area contributed by atoms with E-state index in [0.717, 1.165) is 23.4 Å². The Labute approximate surface area is 164 Å². The summed E-state index contributed by atoms with van der Waals surface area (Å²) in [6.45, 7) is 6.09. The summed E-state index contributed by atoms with van der Waals surface area (Å²) in [6, 6.07) is 9.27. The Bertz CT molecular complexity index is 1030. The van der Waals surface area contributed by atoms with Gasteiger partial charge in [-0.3, -0.25) is 14.4 Å². The molecule has 2 amide bonds. The number of carbonyl (C=O) groups is 2. The van der Waals surface area contributed by atoms with Gasteiger partial charge in [0.1, 0.15) is 5.56 Å². The van der Waals surface area contributed by atoms with Gasteiger partial charge in [0.2, 0.25) is 5.91 Å². The Morgan fingerprint density at radius 1 is 1.25 bits per heavy atom. The number of likely N-dealkylation sites (tertiary alicyclic amines) is 1. The maximum Gasteiger partial charge on any atom is 0.261 e. The van der Waals surface area contributed by atoms with Crippen LogP contribution in [0.3, 0.4) is 0 Å². The molecule has 2 N–H and O–H groups in total. The van der Waals surface area contributed by atoms with Gasteiger partial charge >= 0.3 is 0 Å². The lowest BCUT2D eigenvalue weighted by Crippen LogP contribution is -2.49. The molecule has 1 aromatic heterocycles. The number of aromatic nitrogens is 1. The lowest BCUT2D eigenvalue weighted by atomic mass is 9.73. The fourth-order valence-electron chi connectivity index (χ4n) is 4.98. The van der Waals surface area contributed by atoms with Gasteiger partial charge in [-0.25, -0.2) is 0 Å². The van der Waals surface area contributed by atoms with Gasteiger partial charge < -0.3 is 15.2 Å². The largest absolute Gasteiger partial charge is 0.334 e. The van der Waals surface area contributed by atoms with Crippen LogP contribution in [0.15, 0.2) is 35.1 Å². The minimum Gasteiger partial charge on any atom is -0.334 e. The number of anilines is 1. The highest BCUT2D eigenvalue weighted by molar-refractivity contribution is 6.08. The number of nitrogens with one attached hydrogen (secondary N) is 2. The van der Waals surface area contributed by atoms with E-state index in [4.69, 9.17) is 0 Å². The Kier molecular flexibility index (Phi) is 4.37. The van der Waals surface area contributed by atoms with Crippen LogP contribution in [0.5, 0.6) is 0 Å². The Morgan fingerprint density at radius 2 is 2.00 bits per heavy atom. The third-order valence-electron chi connectivity index (χ3n) is 6.16. The first kappa shape index (κ1) is 18.5. The number of benzene rings is 1. The summed E-state index contributed by atoms with van der Waals surface area (Å²) in [5.41, 5.74) is 2.25. The maximum atomic E-state index is 13.4. The van der Waals surface area contributed by atoms with Crippen molar-refractivity contribution >= 4 is 17.5 Å². The van der Waals surface area contributed by atoms with Gasteiger partial charge in [-0.2, -0.15) is 0 Å². The summed E-state index contributed by atoms with van der Waals surface area (Å²) in [7, 11) is 0. The van der Waals surface area contributed by atoms with Gasteiger partial charge in [-0.05, 0) is 49.9 Å². The average molecular weight is 379 g/mol. The topological polar surface area (TPSA) is 82.3 Å². The molecule has 1 saturated heterocycles. The van der Waals surface area contributed by atoms with Crippen LogP contribution in [0.4, 0.5) is 5.69 Å². The molecule has 1 fully saturated rings. The highest BCUT2D eigenvalue weighted by Gasteiger charge is 2.58. The number of carbonyl (C=O) groups excluding carboxylic acids is 2.